The number of pyridine rings is 1. The molecule has 0 fully saturated rings. The van der Waals surface area contributed by atoms with E-state index in [1.807, 2.05) is 24.6 Å². The maximum atomic E-state index is 13.5. The van der Waals surface area contributed by atoms with Gasteiger partial charge < -0.3 is 10.3 Å². The number of halogens is 1. The lowest BCUT2D eigenvalue weighted by atomic mass is 10.1. The lowest BCUT2D eigenvalue weighted by Gasteiger charge is -2.02. The number of benzene rings is 1. The highest BCUT2D eigenvalue weighted by Gasteiger charge is 2.15. The third-order valence-corrected chi connectivity index (χ3v) is 3.50. The van der Waals surface area contributed by atoms with E-state index in [0.29, 0.717) is 5.69 Å². The molecule has 0 aliphatic rings. The van der Waals surface area contributed by atoms with Crippen molar-refractivity contribution in [3.63, 3.8) is 0 Å². The summed E-state index contributed by atoms with van der Waals surface area (Å²) >= 11 is 0. The summed E-state index contributed by atoms with van der Waals surface area (Å²) < 4.78 is 15.5. The van der Waals surface area contributed by atoms with Crippen LogP contribution >= 0.6 is 0 Å². The van der Waals surface area contributed by atoms with Crippen LogP contribution in [0.5, 0.6) is 0 Å². The number of aryl methyl sites for hydroxylation is 1. The molecule has 0 bridgehead atoms. The van der Waals surface area contributed by atoms with Crippen LogP contribution in [0.4, 0.5) is 10.1 Å². The fourth-order valence-electron chi connectivity index (χ4n) is 2.42. The maximum absolute atomic E-state index is 13.5. The summed E-state index contributed by atoms with van der Waals surface area (Å²) in [5.41, 5.74) is 10.1. The molecule has 0 atom stereocenters. The predicted molar refractivity (Wildman–Crippen MR) is 75.3 cm³/mol. The summed E-state index contributed by atoms with van der Waals surface area (Å²) in [5.74, 6) is -0.241. The van der Waals surface area contributed by atoms with E-state index < -0.39 is 0 Å². The largest absolute Gasteiger partial charge is 0.397 e. The van der Waals surface area contributed by atoms with Crippen LogP contribution in [0.3, 0.4) is 0 Å². The number of nitrogen functional groups attached to an aromatic ring is 1. The topological polar surface area (TPSA) is 43.8 Å². The number of anilines is 1. The molecule has 4 heteroatoms. The normalized spacial score (nSPS) is 11.1. The van der Waals surface area contributed by atoms with Crippen molar-refractivity contribution in [2.45, 2.75) is 6.92 Å². The van der Waals surface area contributed by atoms with Crippen molar-refractivity contribution in [2.75, 3.05) is 5.73 Å². The molecule has 3 nitrogen and oxygen atoms in total. The van der Waals surface area contributed by atoms with E-state index >= 15 is 0 Å². The Bertz CT molecular complexity index is 757. The van der Waals surface area contributed by atoms with Gasteiger partial charge in [0.15, 0.2) is 0 Å². The van der Waals surface area contributed by atoms with Gasteiger partial charge >= 0.3 is 0 Å². The minimum atomic E-state index is -0.241. The fourth-order valence-corrected chi connectivity index (χ4v) is 2.42. The molecule has 0 radical (unpaired) electrons. The van der Waals surface area contributed by atoms with Gasteiger partial charge in [-0.05, 0) is 37.3 Å². The van der Waals surface area contributed by atoms with Crippen molar-refractivity contribution >= 4 is 16.6 Å². The molecule has 2 heterocycles. The summed E-state index contributed by atoms with van der Waals surface area (Å²) in [6.45, 7) is 2.01. The summed E-state index contributed by atoms with van der Waals surface area (Å²) in [4.78, 5) is 4.34. The number of nitrogens with two attached hydrogens (primary N) is 1. The van der Waals surface area contributed by atoms with Gasteiger partial charge in [-0.25, -0.2) is 4.39 Å². The van der Waals surface area contributed by atoms with Crippen molar-refractivity contribution < 1.29 is 4.39 Å². The number of hydrogen-bond donors (Lipinski definition) is 1. The van der Waals surface area contributed by atoms with Crippen molar-refractivity contribution in [1.29, 1.82) is 0 Å². The highest BCUT2D eigenvalue weighted by atomic mass is 19.1. The molecule has 2 N–H and O–H groups in total. The zero-order valence-corrected chi connectivity index (χ0v) is 10.8. The van der Waals surface area contributed by atoms with E-state index in [9.17, 15) is 4.39 Å². The van der Waals surface area contributed by atoms with Gasteiger partial charge in [0.25, 0.3) is 0 Å². The van der Waals surface area contributed by atoms with Crippen molar-refractivity contribution in [2.24, 2.45) is 7.05 Å². The zero-order chi connectivity index (χ0) is 13.6. The van der Waals surface area contributed by atoms with E-state index in [-0.39, 0.29) is 5.82 Å². The van der Waals surface area contributed by atoms with Crippen LogP contribution in [0, 0.1) is 12.7 Å². The molecule has 96 valence electrons. The Morgan fingerprint density at radius 3 is 2.68 bits per heavy atom. The molecule has 0 unspecified atom stereocenters. The minimum absolute atomic E-state index is 0.241. The van der Waals surface area contributed by atoms with Gasteiger partial charge in [-0.15, -0.1) is 0 Å². The van der Waals surface area contributed by atoms with Crippen LogP contribution in [0.1, 0.15) is 5.69 Å². The molecule has 2 aromatic heterocycles. The van der Waals surface area contributed by atoms with E-state index in [1.165, 1.54) is 6.07 Å². The summed E-state index contributed by atoms with van der Waals surface area (Å²) in [6, 6.07) is 8.48. The highest BCUT2D eigenvalue weighted by Crippen LogP contribution is 2.33. The van der Waals surface area contributed by atoms with Gasteiger partial charge in [-0.3, -0.25) is 4.98 Å². The molecular weight excluding hydrogens is 241 g/mol. The van der Waals surface area contributed by atoms with E-state index in [4.69, 9.17) is 5.73 Å². The number of aromatic nitrogens is 2. The monoisotopic (exact) mass is 255 g/mol. The van der Waals surface area contributed by atoms with Crippen molar-refractivity contribution in [3.8, 4) is 11.3 Å². The average molecular weight is 255 g/mol. The smallest absolute Gasteiger partial charge is 0.123 e. The Hall–Kier alpha value is -2.36. The molecule has 3 rings (SSSR count). The molecule has 0 amide bonds. The average Bonchev–Trinajstić information content (AvgIpc) is 2.63. The SMILES string of the molecule is Cc1c(-c2ccc(N)cn2)c2cc(F)ccc2n1C. The second-order valence-corrected chi connectivity index (χ2v) is 4.66. The van der Waals surface area contributed by atoms with Gasteiger partial charge in [0.05, 0.1) is 17.6 Å². The van der Waals surface area contributed by atoms with Gasteiger partial charge in [0.2, 0.25) is 0 Å². The van der Waals surface area contributed by atoms with E-state index in [2.05, 4.69) is 4.98 Å². The Morgan fingerprint density at radius 2 is 2.00 bits per heavy atom. The van der Waals surface area contributed by atoms with Crippen molar-refractivity contribution in [3.05, 3.63) is 48.0 Å². The maximum Gasteiger partial charge on any atom is 0.123 e. The van der Waals surface area contributed by atoms with Crippen LogP contribution < -0.4 is 5.73 Å². The number of nitrogens with zero attached hydrogens (tertiary/aromatic N) is 2. The van der Waals surface area contributed by atoms with Crippen LogP contribution in [-0.2, 0) is 7.05 Å². The summed E-state index contributed by atoms with van der Waals surface area (Å²) in [5, 5.41) is 0.872. The third kappa shape index (κ3) is 1.76. The molecule has 1 aromatic carbocycles. The molecular formula is C15H14FN3. The Labute approximate surface area is 110 Å². The van der Waals surface area contributed by atoms with Gasteiger partial charge in [-0.2, -0.15) is 0 Å². The fraction of sp³-hybridized carbons (Fsp3) is 0.133. The van der Waals surface area contributed by atoms with Crippen LogP contribution in [-0.4, -0.2) is 9.55 Å². The van der Waals surface area contributed by atoms with Gasteiger partial charge in [0.1, 0.15) is 5.82 Å². The predicted octanol–water partition coefficient (Wildman–Crippen LogP) is 3.27. The van der Waals surface area contributed by atoms with Crippen LogP contribution in [0.15, 0.2) is 36.5 Å². The first-order chi connectivity index (χ1) is 9.08. The molecule has 0 saturated heterocycles. The standard InChI is InChI=1S/C15H14FN3/c1-9-15(13-5-4-11(17)8-18-13)12-7-10(16)3-6-14(12)19(9)2/h3-8H,17H2,1-2H3. The first-order valence-electron chi connectivity index (χ1n) is 6.04. The second kappa shape index (κ2) is 4.09. The first-order valence-corrected chi connectivity index (χ1v) is 6.04. The molecule has 0 aliphatic carbocycles. The lowest BCUT2D eigenvalue weighted by molar-refractivity contribution is 0.629. The first kappa shape index (κ1) is 11.7. The Kier molecular flexibility index (Phi) is 2.52. The van der Waals surface area contributed by atoms with Gasteiger partial charge in [0, 0.05) is 29.2 Å². The van der Waals surface area contributed by atoms with E-state index in [1.54, 1.807) is 24.4 Å². The highest BCUT2D eigenvalue weighted by molar-refractivity contribution is 5.97. The summed E-state index contributed by atoms with van der Waals surface area (Å²) in [6.07, 6.45) is 1.62. The quantitative estimate of drug-likeness (QED) is 0.725. The second-order valence-electron chi connectivity index (χ2n) is 4.66. The lowest BCUT2D eigenvalue weighted by Crippen LogP contribution is -1.92. The Morgan fingerprint density at radius 1 is 1.21 bits per heavy atom. The Balaban J connectivity index is 2.36. The number of hydrogen-bond acceptors (Lipinski definition) is 2. The van der Waals surface area contributed by atoms with Crippen LogP contribution in [0.2, 0.25) is 0 Å². The number of fused-ring (bicyclic) bond motifs is 1. The van der Waals surface area contributed by atoms with E-state index in [0.717, 1.165) is 27.9 Å². The molecule has 3 aromatic rings. The minimum Gasteiger partial charge on any atom is -0.397 e. The summed E-state index contributed by atoms with van der Waals surface area (Å²) in [7, 11) is 1.97. The zero-order valence-electron chi connectivity index (χ0n) is 10.8. The van der Waals surface area contributed by atoms with Crippen LogP contribution in [0.25, 0.3) is 22.2 Å². The molecule has 19 heavy (non-hydrogen) atoms. The third-order valence-electron chi connectivity index (χ3n) is 3.50. The molecule has 0 saturated carbocycles. The van der Waals surface area contributed by atoms with Gasteiger partial charge in [-0.1, -0.05) is 0 Å². The molecule has 0 spiro atoms. The number of rotatable bonds is 1. The molecule has 0 aliphatic heterocycles. The van der Waals surface area contributed by atoms with Crippen molar-refractivity contribution in [1.82, 2.24) is 9.55 Å².